The van der Waals surface area contributed by atoms with E-state index in [2.05, 4.69) is 64.5 Å². The molecule has 5 rings (SSSR count). The summed E-state index contributed by atoms with van der Waals surface area (Å²) in [6.45, 7) is 0.774. The van der Waals surface area contributed by atoms with Crippen LogP contribution in [0.4, 0.5) is 0 Å². The van der Waals surface area contributed by atoms with Gasteiger partial charge in [0, 0.05) is 17.8 Å². The second-order valence-corrected chi connectivity index (χ2v) is 8.46. The molecule has 0 saturated carbocycles. The van der Waals surface area contributed by atoms with Crippen LogP contribution in [0.1, 0.15) is 36.4 Å². The summed E-state index contributed by atoms with van der Waals surface area (Å²) in [4.78, 5) is 18.5. The third-order valence-corrected chi connectivity index (χ3v) is 6.47. The Labute approximate surface area is 188 Å². The minimum Gasteiger partial charge on any atom is -0.480 e. The molecular formula is C28H26N2O2. The van der Waals surface area contributed by atoms with Crippen molar-refractivity contribution < 1.29 is 9.90 Å². The van der Waals surface area contributed by atoms with Gasteiger partial charge in [0.2, 0.25) is 0 Å². The lowest BCUT2D eigenvalue weighted by atomic mass is 9.90. The minimum atomic E-state index is -0.736. The lowest BCUT2D eigenvalue weighted by Gasteiger charge is -2.39. The van der Waals surface area contributed by atoms with Crippen molar-refractivity contribution in [3.63, 3.8) is 0 Å². The van der Waals surface area contributed by atoms with E-state index in [1.807, 2.05) is 30.5 Å². The third kappa shape index (κ3) is 4.02. The van der Waals surface area contributed by atoms with E-state index in [1.54, 1.807) is 6.20 Å². The number of likely N-dealkylation sites (tertiary alicyclic amines) is 1. The highest BCUT2D eigenvalue weighted by Crippen LogP contribution is 2.36. The SMILES string of the molecule is O=C(O)C1CCCCN1C(c1ccc(-c2ccccc2)cc1)c1ccc2cnccc2c1. The minimum absolute atomic E-state index is 0.112. The summed E-state index contributed by atoms with van der Waals surface area (Å²) in [7, 11) is 0. The van der Waals surface area contributed by atoms with E-state index < -0.39 is 12.0 Å². The van der Waals surface area contributed by atoms with Crippen LogP contribution in [0.25, 0.3) is 21.9 Å². The molecule has 1 aliphatic heterocycles. The number of carboxylic acid groups (broad SMARTS) is 1. The largest absolute Gasteiger partial charge is 0.480 e. The molecule has 2 atom stereocenters. The fraction of sp³-hybridized carbons (Fsp3) is 0.214. The Hall–Kier alpha value is -3.50. The van der Waals surface area contributed by atoms with Gasteiger partial charge in [-0.2, -0.15) is 0 Å². The zero-order valence-corrected chi connectivity index (χ0v) is 17.9. The normalized spacial score (nSPS) is 17.8. The van der Waals surface area contributed by atoms with E-state index in [4.69, 9.17) is 0 Å². The van der Waals surface area contributed by atoms with Crippen molar-refractivity contribution in [2.75, 3.05) is 6.54 Å². The van der Waals surface area contributed by atoms with Crippen LogP contribution < -0.4 is 0 Å². The second-order valence-electron chi connectivity index (χ2n) is 8.46. The lowest BCUT2D eigenvalue weighted by Crippen LogP contribution is -2.46. The van der Waals surface area contributed by atoms with E-state index in [-0.39, 0.29) is 6.04 Å². The van der Waals surface area contributed by atoms with Crippen LogP contribution in [0.3, 0.4) is 0 Å². The standard InChI is InChI=1S/C28H26N2O2/c31-28(32)26-8-4-5-17-30(26)27(24-13-14-25-19-29-16-15-23(25)18-24)22-11-9-21(10-12-22)20-6-2-1-3-7-20/h1-3,6-7,9-16,18-19,26-27H,4-5,8,17H2,(H,31,32). The molecule has 4 heteroatoms. The number of benzene rings is 3. The number of carboxylic acids is 1. The molecule has 2 heterocycles. The molecule has 0 bridgehead atoms. The number of carbonyl (C=O) groups is 1. The molecule has 0 radical (unpaired) electrons. The van der Waals surface area contributed by atoms with Crippen LogP contribution >= 0.6 is 0 Å². The first kappa shape index (κ1) is 20.4. The number of piperidine rings is 1. The molecule has 2 unspecified atom stereocenters. The first-order valence-corrected chi connectivity index (χ1v) is 11.2. The fourth-order valence-electron chi connectivity index (χ4n) is 4.86. The highest BCUT2D eigenvalue weighted by molar-refractivity contribution is 5.82. The number of pyridine rings is 1. The molecule has 0 aliphatic carbocycles. The van der Waals surface area contributed by atoms with Crippen LogP contribution in [-0.2, 0) is 4.79 Å². The van der Waals surface area contributed by atoms with Gasteiger partial charge in [0.25, 0.3) is 0 Å². The van der Waals surface area contributed by atoms with E-state index >= 15 is 0 Å². The molecule has 1 aromatic heterocycles. The fourth-order valence-corrected chi connectivity index (χ4v) is 4.86. The Morgan fingerprint density at radius 2 is 1.62 bits per heavy atom. The Balaban J connectivity index is 1.59. The van der Waals surface area contributed by atoms with Crippen molar-refractivity contribution in [2.24, 2.45) is 0 Å². The number of fused-ring (bicyclic) bond motifs is 1. The van der Waals surface area contributed by atoms with E-state index in [0.29, 0.717) is 6.42 Å². The lowest BCUT2D eigenvalue weighted by molar-refractivity contribution is -0.145. The van der Waals surface area contributed by atoms with Crippen LogP contribution in [0, 0.1) is 0 Å². The first-order valence-electron chi connectivity index (χ1n) is 11.2. The Morgan fingerprint density at radius 3 is 2.41 bits per heavy atom. The summed E-state index contributed by atoms with van der Waals surface area (Å²) >= 11 is 0. The van der Waals surface area contributed by atoms with E-state index in [9.17, 15) is 9.90 Å². The molecule has 3 aromatic carbocycles. The molecule has 0 amide bonds. The van der Waals surface area contributed by atoms with Crippen LogP contribution in [0.2, 0.25) is 0 Å². The zero-order valence-electron chi connectivity index (χ0n) is 17.9. The van der Waals surface area contributed by atoms with Gasteiger partial charge in [0.15, 0.2) is 0 Å². The summed E-state index contributed by atoms with van der Waals surface area (Å²) in [6.07, 6.45) is 6.32. The molecule has 32 heavy (non-hydrogen) atoms. The smallest absolute Gasteiger partial charge is 0.320 e. The van der Waals surface area contributed by atoms with Gasteiger partial charge in [-0.1, -0.05) is 73.2 Å². The summed E-state index contributed by atoms with van der Waals surface area (Å²) in [6, 6.07) is 26.7. The van der Waals surface area contributed by atoms with Crippen LogP contribution in [0.5, 0.6) is 0 Å². The molecule has 0 spiro atoms. The average Bonchev–Trinajstić information content (AvgIpc) is 2.85. The van der Waals surface area contributed by atoms with Crippen molar-refractivity contribution in [3.8, 4) is 11.1 Å². The molecule has 1 saturated heterocycles. The van der Waals surface area contributed by atoms with Gasteiger partial charge in [-0.05, 0) is 59.2 Å². The molecule has 4 aromatic rings. The van der Waals surface area contributed by atoms with Gasteiger partial charge in [-0.15, -0.1) is 0 Å². The molecule has 160 valence electrons. The number of hydrogen-bond donors (Lipinski definition) is 1. The van der Waals surface area contributed by atoms with Crippen molar-refractivity contribution >= 4 is 16.7 Å². The van der Waals surface area contributed by atoms with Gasteiger partial charge in [0.1, 0.15) is 6.04 Å². The van der Waals surface area contributed by atoms with Crippen molar-refractivity contribution in [1.82, 2.24) is 9.88 Å². The average molecular weight is 423 g/mol. The zero-order chi connectivity index (χ0) is 21.9. The number of aromatic nitrogens is 1. The van der Waals surface area contributed by atoms with Crippen molar-refractivity contribution in [1.29, 1.82) is 0 Å². The highest BCUT2D eigenvalue weighted by atomic mass is 16.4. The van der Waals surface area contributed by atoms with Gasteiger partial charge in [-0.25, -0.2) is 0 Å². The summed E-state index contributed by atoms with van der Waals surface area (Å²) < 4.78 is 0. The van der Waals surface area contributed by atoms with Gasteiger partial charge in [0.05, 0.1) is 6.04 Å². The van der Waals surface area contributed by atoms with E-state index in [0.717, 1.165) is 46.8 Å². The summed E-state index contributed by atoms with van der Waals surface area (Å²) in [5.41, 5.74) is 4.57. The number of rotatable bonds is 5. The maximum Gasteiger partial charge on any atom is 0.320 e. The third-order valence-electron chi connectivity index (χ3n) is 6.47. The summed E-state index contributed by atoms with van der Waals surface area (Å²) in [5, 5.41) is 12.2. The molecule has 1 aliphatic rings. The topological polar surface area (TPSA) is 53.4 Å². The van der Waals surface area contributed by atoms with Gasteiger partial charge >= 0.3 is 5.97 Å². The van der Waals surface area contributed by atoms with Crippen LogP contribution in [-0.4, -0.2) is 33.5 Å². The van der Waals surface area contributed by atoms with E-state index in [1.165, 1.54) is 5.56 Å². The molecule has 1 fully saturated rings. The predicted molar refractivity (Wildman–Crippen MR) is 127 cm³/mol. The molecule has 1 N–H and O–H groups in total. The van der Waals surface area contributed by atoms with Crippen LogP contribution in [0.15, 0.2) is 91.3 Å². The number of aliphatic carboxylic acids is 1. The van der Waals surface area contributed by atoms with Crippen molar-refractivity contribution in [3.05, 3.63) is 102 Å². The maximum absolute atomic E-state index is 12.1. The maximum atomic E-state index is 12.1. The second kappa shape index (κ2) is 8.93. The monoisotopic (exact) mass is 422 g/mol. The number of hydrogen-bond acceptors (Lipinski definition) is 3. The Kier molecular flexibility index (Phi) is 5.70. The first-order chi connectivity index (χ1) is 15.7. The molecular weight excluding hydrogens is 396 g/mol. The summed E-state index contributed by atoms with van der Waals surface area (Å²) in [5.74, 6) is -0.736. The Morgan fingerprint density at radius 1 is 0.875 bits per heavy atom. The Bertz CT molecular complexity index is 1220. The van der Waals surface area contributed by atoms with Crippen molar-refractivity contribution in [2.45, 2.75) is 31.3 Å². The molecule has 4 nitrogen and oxygen atoms in total. The number of nitrogens with zero attached hydrogens (tertiary/aromatic N) is 2. The predicted octanol–water partition coefficient (Wildman–Crippen LogP) is 5.93. The van der Waals surface area contributed by atoms with Gasteiger partial charge in [-0.3, -0.25) is 14.7 Å². The van der Waals surface area contributed by atoms with Gasteiger partial charge < -0.3 is 5.11 Å². The quantitative estimate of drug-likeness (QED) is 0.433. The highest BCUT2D eigenvalue weighted by Gasteiger charge is 2.35.